The lowest BCUT2D eigenvalue weighted by atomic mass is 10.0. The third-order valence-electron chi connectivity index (χ3n) is 4.69. The predicted octanol–water partition coefficient (Wildman–Crippen LogP) is 2.16. The highest BCUT2D eigenvalue weighted by molar-refractivity contribution is 5.88. The highest BCUT2D eigenvalue weighted by Crippen LogP contribution is 2.18. The first-order chi connectivity index (χ1) is 13.2. The summed E-state index contributed by atoms with van der Waals surface area (Å²) >= 11 is 0. The maximum Gasteiger partial charge on any atom is 0.320 e. The zero-order chi connectivity index (χ0) is 18.6. The Hall–Kier alpha value is -3.13. The highest BCUT2D eigenvalue weighted by Gasteiger charge is 2.19. The van der Waals surface area contributed by atoms with Gasteiger partial charge in [-0.15, -0.1) is 0 Å². The van der Waals surface area contributed by atoms with Crippen LogP contribution in [0.15, 0.2) is 48.8 Å². The Labute approximate surface area is 157 Å². The summed E-state index contributed by atoms with van der Waals surface area (Å²) in [5.74, 6) is 1.40. The summed E-state index contributed by atoms with van der Waals surface area (Å²) in [5.41, 5.74) is 2.13. The van der Waals surface area contributed by atoms with Gasteiger partial charge in [0.2, 0.25) is 0 Å². The van der Waals surface area contributed by atoms with E-state index in [9.17, 15) is 4.79 Å². The Morgan fingerprint density at radius 3 is 2.93 bits per heavy atom. The van der Waals surface area contributed by atoms with Gasteiger partial charge in [-0.3, -0.25) is 14.9 Å². The minimum Gasteiger partial charge on any atom is -0.349 e. The van der Waals surface area contributed by atoms with E-state index in [0.29, 0.717) is 12.2 Å². The highest BCUT2D eigenvalue weighted by atomic mass is 16.2. The van der Waals surface area contributed by atoms with E-state index in [-0.39, 0.29) is 12.1 Å². The number of amides is 2. The lowest BCUT2D eigenvalue weighted by molar-refractivity contribution is 0.248. The third kappa shape index (κ3) is 4.17. The number of nitrogens with one attached hydrogen (secondary N) is 3. The minimum atomic E-state index is -0.279. The molecule has 140 valence electrons. The van der Waals surface area contributed by atoms with Gasteiger partial charge in [-0.1, -0.05) is 30.3 Å². The van der Waals surface area contributed by atoms with Crippen molar-refractivity contribution >= 4 is 11.8 Å². The quantitative estimate of drug-likeness (QED) is 0.646. The molecular weight excluding hydrogens is 342 g/mol. The molecule has 0 spiro atoms. The van der Waals surface area contributed by atoms with E-state index >= 15 is 0 Å². The molecule has 3 N–H and O–H groups in total. The van der Waals surface area contributed by atoms with Gasteiger partial charge in [0.05, 0.1) is 18.3 Å². The van der Waals surface area contributed by atoms with Crippen LogP contribution in [0.2, 0.25) is 0 Å². The number of likely N-dealkylation sites (N-methyl/N-ethyl adjacent to an activating group) is 1. The number of nitrogens with zero attached hydrogens (tertiary/aromatic N) is 4. The second-order valence-corrected chi connectivity index (χ2v) is 6.78. The fourth-order valence-corrected chi connectivity index (χ4v) is 3.31. The standard InChI is InChI=1S/C19H23N7O/c1-25-9-10-26-15(13-25)11-18(24-26)23-19(27)22-16(12-17-20-7-8-21-17)14-5-3-2-4-6-14/h2-8,11,16H,9-10,12-13H2,1H3,(H,20,21)(H2,22,23,24,27). The smallest absolute Gasteiger partial charge is 0.320 e. The Morgan fingerprint density at radius 1 is 1.30 bits per heavy atom. The van der Waals surface area contributed by atoms with E-state index in [0.717, 1.165) is 36.7 Å². The molecule has 1 aliphatic rings. The zero-order valence-corrected chi connectivity index (χ0v) is 15.2. The van der Waals surface area contributed by atoms with Crippen LogP contribution in [-0.2, 0) is 19.5 Å². The number of hydrogen-bond acceptors (Lipinski definition) is 4. The van der Waals surface area contributed by atoms with Crippen molar-refractivity contribution < 1.29 is 4.79 Å². The van der Waals surface area contributed by atoms with Crippen molar-refractivity contribution in [2.75, 3.05) is 18.9 Å². The summed E-state index contributed by atoms with van der Waals surface area (Å²) in [6.07, 6.45) is 4.07. The summed E-state index contributed by atoms with van der Waals surface area (Å²) in [5, 5.41) is 10.4. The molecule has 0 saturated heterocycles. The van der Waals surface area contributed by atoms with Crippen molar-refractivity contribution in [1.29, 1.82) is 0 Å². The largest absolute Gasteiger partial charge is 0.349 e. The molecule has 27 heavy (non-hydrogen) atoms. The number of urea groups is 1. The monoisotopic (exact) mass is 365 g/mol. The Balaban J connectivity index is 1.45. The third-order valence-corrected chi connectivity index (χ3v) is 4.69. The number of imidazole rings is 1. The maximum atomic E-state index is 12.6. The molecule has 1 aliphatic heterocycles. The Kier molecular flexibility index (Phi) is 4.88. The lowest BCUT2D eigenvalue weighted by Gasteiger charge is -2.22. The molecule has 0 aliphatic carbocycles. The van der Waals surface area contributed by atoms with Crippen LogP contribution in [0.25, 0.3) is 0 Å². The average Bonchev–Trinajstić information content (AvgIpc) is 3.30. The molecule has 8 heteroatoms. The van der Waals surface area contributed by atoms with Crippen molar-refractivity contribution in [2.24, 2.45) is 0 Å². The average molecular weight is 365 g/mol. The van der Waals surface area contributed by atoms with Gasteiger partial charge in [-0.05, 0) is 12.6 Å². The van der Waals surface area contributed by atoms with Gasteiger partial charge in [0.1, 0.15) is 5.82 Å². The minimum absolute atomic E-state index is 0.194. The lowest BCUT2D eigenvalue weighted by Crippen LogP contribution is -2.34. The van der Waals surface area contributed by atoms with Crippen molar-refractivity contribution in [2.45, 2.75) is 25.6 Å². The number of carbonyl (C=O) groups is 1. The van der Waals surface area contributed by atoms with E-state index in [4.69, 9.17) is 0 Å². The second kappa shape index (κ2) is 7.63. The van der Waals surface area contributed by atoms with Crippen molar-refractivity contribution in [3.05, 3.63) is 65.9 Å². The molecule has 0 bridgehead atoms. The second-order valence-electron chi connectivity index (χ2n) is 6.78. The number of benzene rings is 1. The van der Waals surface area contributed by atoms with Gasteiger partial charge in [-0.2, -0.15) is 5.10 Å². The summed E-state index contributed by atoms with van der Waals surface area (Å²) in [6, 6.07) is 11.3. The van der Waals surface area contributed by atoms with E-state index in [1.807, 2.05) is 41.1 Å². The number of aromatic amines is 1. The molecule has 4 rings (SSSR count). The Morgan fingerprint density at radius 2 is 2.15 bits per heavy atom. The van der Waals surface area contributed by atoms with Crippen LogP contribution >= 0.6 is 0 Å². The molecule has 1 aromatic carbocycles. The number of fused-ring (bicyclic) bond motifs is 1. The summed E-state index contributed by atoms with van der Waals surface area (Å²) in [4.78, 5) is 22.2. The number of carbonyl (C=O) groups excluding carboxylic acids is 1. The summed E-state index contributed by atoms with van der Waals surface area (Å²) in [6.45, 7) is 2.63. The molecular formula is C19H23N7O. The van der Waals surface area contributed by atoms with Crippen molar-refractivity contribution in [1.82, 2.24) is 30.0 Å². The number of rotatable bonds is 5. The number of anilines is 1. The normalized spacial score (nSPS) is 15.1. The van der Waals surface area contributed by atoms with Gasteiger partial charge < -0.3 is 10.3 Å². The van der Waals surface area contributed by atoms with Gasteiger partial charge >= 0.3 is 6.03 Å². The molecule has 0 radical (unpaired) electrons. The summed E-state index contributed by atoms with van der Waals surface area (Å²) < 4.78 is 1.95. The zero-order valence-electron chi connectivity index (χ0n) is 15.2. The molecule has 8 nitrogen and oxygen atoms in total. The van der Waals surface area contributed by atoms with Crippen LogP contribution in [0.3, 0.4) is 0 Å². The van der Waals surface area contributed by atoms with E-state index < -0.39 is 0 Å². The van der Waals surface area contributed by atoms with Gasteiger partial charge in [0.25, 0.3) is 0 Å². The topological polar surface area (TPSA) is 90.9 Å². The first-order valence-electron chi connectivity index (χ1n) is 9.03. The first-order valence-corrected chi connectivity index (χ1v) is 9.03. The van der Waals surface area contributed by atoms with Crippen molar-refractivity contribution in [3.8, 4) is 0 Å². The fourth-order valence-electron chi connectivity index (χ4n) is 3.31. The molecule has 1 atom stereocenters. The van der Waals surface area contributed by atoms with E-state index in [2.05, 4.69) is 37.6 Å². The molecule has 1 unspecified atom stereocenters. The molecule has 0 fully saturated rings. The SMILES string of the molecule is CN1CCn2nc(NC(=O)NC(Cc3ncc[nH]3)c3ccccc3)cc2C1. The van der Waals surface area contributed by atoms with Crippen LogP contribution in [0.5, 0.6) is 0 Å². The maximum absolute atomic E-state index is 12.6. The molecule has 3 aromatic rings. The molecule has 3 heterocycles. The van der Waals surface area contributed by atoms with Crippen LogP contribution in [0.1, 0.15) is 23.1 Å². The molecule has 2 aromatic heterocycles. The van der Waals surface area contributed by atoms with E-state index in [1.165, 1.54) is 0 Å². The van der Waals surface area contributed by atoms with Crippen LogP contribution in [-0.4, -0.2) is 44.3 Å². The van der Waals surface area contributed by atoms with Gasteiger partial charge in [0, 0.05) is 38.0 Å². The fraction of sp³-hybridized carbons (Fsp3) is 0.316. The number of hydrogen-bond donors (Lipinski definition) is 3. The van der Waals surface area contributed by atoms with Gasteiger partial charge in [0.15, 0.2) is 5.82 Å². The predicted molar refractivity (Wildman–Crippen MR) is 102 cm³/mol. The summed E-state index contributed by atoms with van der Waals surface area (Å²) in [7, 11) is 2.08. The first kappa shape index (κ1) is 17.3. The number of aromatic nitrogens is 4. The van der Waals surface area contributed by atoms with Crippen LogP contribution in [0.4, 0.5) is 10.6 Å². The molecule has 0 saturated carbocycles. The van der Waals surface area contributed by atoms with Gasteiger partial charge in [-0.25, -0.2) is 9.78 Å². The Bertz CT molecular complexity index is 888. The number of H-pyrrole nitrogens is 1. The van der Waals surface area contributed by atoms with Crippen molar-refractivity contribution in [3.63, 3.8) is 0 Å². The van der Waals surface area contributed by atoms with Crippen LogP contribution in [0, 0.1) is 0 Å². The molecule has 2 amide bonds. The van der Waals surface area contributed by atoms with E-state index in [1.54, 1.807) is 12.4 Å². The van der Waals surface area contributed by atoms with Crippen LogP contribution < -0.4 is 10.6 Å².